The number of alkyl halides is 3. The highest BCUT2D eigenvalue weighted by atomic mass is 19.4. The first-order chi connectivity index (χ1) is 10.7. The Morgan fingerprint density at radius 3 is 2.43 bits per heavy atom. The number of nitrogens with zero attached hydrogens (tertiary/aromatic N) is 1. The number of guanidine groups is 2. The first-order valence-electron chi connectivity index (χ1n) is 6.73. The van der Waals surface area contributed by atoms with Crippen molar-refractivity contribution in [1.82, 2.24) is 10.2 Å². The lowest BCUT2D eigenvalue weighted by Gasteiger charge is -2.20. The predicted molar refractivity (Wildman–Crippen MR) is 77.5 cm³/mol. The Morgan fingerprint density at radius 2 is 1.91 bits per heavy atom. The van der Waals surface area contributed by atoms with Crippen molar-refractivity contribution < 1.29 is 23.0 Å². The molecule has 0 unspecified atom stereocenters. The highest BCUT2D eigenvalue weighted by Crippen LogP contribution is 2.23. The fourth-order valence-electron chi connectivity index (χ4n) is 2.06. The highest BCUT2D eigenvalue weighted by Gasteiger charge is 2.31. The molecule has 0 spiro atoms. The van der Waals surface area contributed by atoms with Gasteiger partial charge in [-0.3, -0.25) is 16.1 Å². The quantitative estimate of drug-likeness (QED) is 0.417. The van der Waals surface area contributed by atoms with Crippen LogP contribution in [0, 0.1) is 10.8 Å². The SMILES string of the molecule is N=C(NC(=N)N1CC[C@H](O)C1)Nc1ccc(OC(F)(F)F)cc1. The second-order valence-electron chi connectivity index (χ2n) is 4.93. The number of halogens is 3. The molecule has 10 heteroatoms. The van der Waals surface area contributed by atoms with Crippen LogP contribution >= 0.6 is 0 Å². The number of hydrogen-bond acceptors (Lipinski definition) is 4. The van der Waals surface area contributed by atoms with E-state index in [-0.39, 0.29) is 17.7 Å². The van der Waals surface area contributed by atoms with E-state index in [0.29, 0.717) is 25.2 Å². The van der Waals surface area contributed by atoms with E-state index >= 15 is 0 Å². The van der Waals surface area contributed by atoms with Gasteiger partial charge >= 0.3 is 6.36 Å². The summed E-state index contributed by atoms with van der Waals surface area (Å²) >= 11 is 0. The Morgan fingerprint density at radius 1 is 1.26 bits per heavy atom. The summed E-state index contributed by atoms with van der Waals surface area (Å²) in [5.41, 5.74) is 0.367. The maximum absolute atomic E-state index is 12.0. The molecule has 0 bridgehead atoms. The number of hydrogen-bond donors (Lipinski definition) is 5. The Bertz CT molecular complexity index is 576. The third kappa shape index (κ3) is 5.33. The van der Waals surface area contributed by atoms with Crippen LogP contribution in [0.1, 0.15) is 6.42 Å². The zero-order valence-electron chi connectivity index (χ0n) is 11.9. The molecule has 1 fully saturated rings. The third-order valence-electron chi connectivity index (χ3n) is 3.08. The van der Waals surface area contributed by atoms with Gasteiger partial charge in [0.15, 0.2) is 11.9 Å². The summed E-state index contributed by atoms with van der Waals surface area (Å²) in [6.45, 7) is 0.840. The van der Waals surface area contributed by atoms with Gasteiger partial charge in [-0.1, -0.05) is 0 Å². The van der Waals surface area contributed by atoms with Crippen LogP contribution in [0.5, 0.6) is 5.75 Å². The van der Waals surface area contributed by atoms with Gasteiger partial charge < -0.3 is 20.1 Å². The van der Waals surface area contributed by atoms with Crippen molar-refractivity contribution in [2.75, 3.05) is 18.4 Å². The van der Waals surface area contributed by atoms with Crippen molar-refractivity contribution in [3.05, 3.63) is 24.3 Å². The van der Waals surface area contributed by atoms with E-state index in [9.17, 15) is 18.3 Å². The maximum atomic E-state index is 12.0. The van der Waals surface area contributed by atoms with Crippen molar-refractivity contribution in [3.63, 3.8) is 0 Å². The Labute approximate surface area is 130 Å². The number of benzene rings is 1. The summed E-state index contributed by atoms with van der Waals surface area (Å²) in [6.07, 6.45) is -4.68. The van der Waals surface area contributed by atoms with E-state index in [4.69, 9.17) is 10.8 Å². The van der Waals surface area contributed by atoms with Crippen LogP contribution < -0.4 is 15.4 Å². The van der Waals surface area contributed by atoms with Crippen molar-refractivity contribution in [1.29, 1.82) is 10.8 Å². The number of ether oxygens (including phenoxy) is 1. The van der Waals surface area contributed by atoms with Crippen molar-refractivity contribution in [2.24, 2.45) is 0 Å². The van der Waals surface area contributed by atoms with E-state index in [1.165, 1.54) is 12.1 Å². The van der Waals surface area contributed by atoms with E-state index in [1.807, 2.05) is 0 Å². The average Bonchev–Trinajstić information content (AvgIpc) is 2.86. The number of aliphatic hydroxyl groups excluding tert-OH is 1. The topological polar surface area (TPSA) is 104 Å². The predicted octanol–water partition coefficient (Wildman–Crippen LogP) is 1.52. The van der Waals surface area contributed by atoms with Gasteiger partial charge in [-0.15, -0.1) is 13.2 Å². The molecule has 1 atom stereocenters. The minimum absolute atomic E-state index is 0.0314. The summed E-state index contributed by atoms with van der Waals surface area (Å²) in [6, 6.07) is 4.87. The van der Waals surface area contributed by atoms with Crippen molar-refractivity contribution in [3.8, 4) is 5.75 Å². The van der Waals surface area contributed by atoms with Crippen molar-refractivity contribution in [2.45, 2.75) is 18.9 Å². The maximum Gasteiger partial charge on any atom is 0.573 e. The lowest BCUT2D eigenvalue weighted by molar-refractivity contribution is -0.274. The van der Waals surface area contributed by atoms with E-state index in [1.54, 1.807) is 4.90 Å². The Kier molecular flexibility index (Phi) is 4.94. The molecule has 2 rings (SSSR count). The number of nitrogens with one attached hydrogen (secondary N) is 4. The van der Waals surface area contributed by atoms with Gasteiger partial charge in [0.25, 0.3) is 0 Å². The van der Waals surface area contributed by atoms with Gasteiger partial charge in [0, 0.05) is 18.8 Å². The molecule has 0 aromatic heterocycles. The Hall–Kier alpha value is -2.49. The number of aliphatic hydroxyl groups is 1. The molecule has 0 saturated carbocycles. The molecule has 1 saturated heterocycles. The normalized spacial score (nSPS) is 17.7. The molecule has 1 aromatic carbocycles. The standard InChI is InChI=1S/C13H16F3N5O2/c14-13(15,16)23-10-3-1-8(2-4-10)19-11(17)20-12(18)21-6-5-9(22)7-21/h1-4,9,22H,5-7H2,(H4,17,18,19,20)/t9-/m0/s1. The van der Waals surface area contributed by atoms with Gasteiger partial charge in [-0.25, -0.2) is 0 Å². The molecule has 1 aliphatic rings. The summed E-state index contributed by atoms with van der Waals surface area (Å²) in [5.74, 6) is -0.599. The molecule has 1 aliphatic heterocycles. The fraction of sp³-hybridized carbons (Fsp3) is 0.385. The fourth-order valence-corrected chi connectivity index (χ4v) is 2.06. The summed E-state index contributed by atoms with van der Waals surface area (Å²) < 4.78 is 39.9. The summed E-state index contributed by atoms with van der Waals surface area (Å²) in [7, 11) is 0. The Balaban J connectivity index is 1.84. The van der Waals surface area contributed by atoms with E-state index in [0.717, 1.165) is 12.1 Å². The monoisotopic (exact) mass is 331 g/mol. The van der Waals surface area contributed by atoms with Gasteiger partial charge in [0.2, 0.25) is 0 Å². The molecule has 5 N–H and O–H groups in total. The zero-order valence-corrected chi connectivity index (χ0v) is 11.9. The third-order valence-corrected chi connectivity index (χ3v) is 3.08. The number of rotatable bonds is 2. The van der Waals surface area contributed by atoms with E-state index < -0.39 is 12.5 Å². The average molecular weight is 331 g/mol. The second kappa shape index (κ2) is 6.73. The molecule has 1 heterocycles. The molecule has 126 valence electrons. The summed E-state index contributed by atoms with van der Waals surface area (Å²) in [5, 5.41) is 30.0. The zero-order chi connectivity index (χ0) is 17.0. The number of anilines is 1. The molecule has 1 aromatic rings. The van der Waals surface area contributed by atoms with Gasteiger partial charge in [0.05, 0.1) is 6.10 Å². The number of likely N-dealkylation sites (tertiary alicyclic amines) is 1. The van der Waals surface area contributed by atoms with Crippen LogP contribution in [0.2, 0.25) is 0 Å². The second-order valence-corrected chi connectivity index (χ2v) is 4.93. The first-order valence-corrected chi connectivity index (χ1v) is 6.73. The molecule has 0 amide bonds. The minimum atomic E-state index is -4.75. The van der Waals surface area contributed by atoms with Crippen LogP contribution in [0.15, 0.2) is 24.3 Å². The van der Waals surface area contributed by atoms with Gasteiger partial charge in [0.1, 0.15) is 5.75 Å². The molecular formula is C13H16F3N5O2. The lowest BCUT2D eigenvalue weighted by Crippen LogP contribution is -2.44. The summed E-state index contributed by atoms with van der Waals surface area (Å²) in [4.78, 5) is 1.58. The van der Waals surface area contributed by atoms with Gasteiger partial charge in [-0.2, -0.15) is 0 Å². The minimum Gasteiger partial charge on any atom is -0.406 e. The lowest BCUT2D eigenvalue weighted by atomic mass is 10.3. The van der Waals surface area contributed by atoms with Crippen molar-refractivity contribution >= 4 is 17.6 Å². The van der Waals surface area contributed by atoms with E-state index in [2.05, 4.69) is 15.4 Å². The van der Waals surface area contributed by atoms with Crippen LogP contribution in [0.4, 0.5) is 18.9 Å². The van der Waals surface area contributed by atoms with Crippen LogP contribution in [0.3, 0.4) is 0 Å². The largest absolute Gasteiger partial charge is 0.573 e. The first kappa shape index (κ1) is 16.9. The highest BCUT2D eigenvalue weighted by molar-refractivity contribution is 6.02. The smallest absolute Gasteiger partial charge is 0.406 e. The molecule has 7 nitrogen and oxygen atoms in total. The number of β-amino-alcohol motifs (C(OH)–C–C–N with tert-alkyl or cyclic N) is 1. The van der Waals surface area contributed by atoms with Crippen LogP contribution in [-0.4, -0.2) is 47.5 Å². The molecule has 23 heavy (non-hydrogen) atoms. The van der Waals surface area contributed by atoms with Crippen LogP contribution in [-0.2, 0) is 0 Å². The molecular weight excluding hydrogens is 315 g/mol. The molecule has 0 radical (unpaired) electrons. The molecule has 0 aliphatic carbocycles. The van der Waals surface area contributed by atoms with Crippen LogP contribution in [0.25, 0.3) is 0 Å². The van der Waals surface area contributed by atoms with Gasteiger partial charge in [-0.05, 0) is 30.7 Å².